The average molecular weight is 392 g/mol. The second-order valence-electron chi connectivity index (χ2n) is 9.65. The van der Waals surface area contributed by atoms with Crippen molar-refractivity contribution in [3.63, 3.8) is 0 Å². The van der Waals surface area contributed by atoms with Crippen molar-refractivity contribution in [1.29, 1.82) is 0 Å². The molecule has 2 aliphatic heterocycles. The van der Waals surface area contributed by atoms with Crippen LogP contribution in [-0.4, -0.2) is 53.0 Å². The van der Waals surface area contributed by atoms with Gasteiger partial charge in [-0.1, -0.05) is 0 Å². The van der Waals surface area contributed by atoms with Crippen molar-refractivity contribution in [2.45, 2.75) is 77.6 Å². The van der Waals surface area contributed by atoms with Crippen molar-refractivity contribution in [3.05, 3.63) is 23.8 Å². The summed E-state index contributed by atoms with van der Waals surface area (Å²) in [6, 6.07) is 3.18. The first-order chi connectivity index (χ1) is 12.8. The van der Waals surface area contributed by atoms with Gasteiger partial charge in [0.25, 0.3) is 0 Å². The quantitative estimate of drug-likeness (QED) is 0.571. The Bertz CT molecular complexity index is 747. The normalized spacial score (nSPS) is 23.9. The molecule has 0 N–H and O–H groups in total. The van der Waals surface area contributed by atoms with Crippen LogP contribution in [0.2, 0.25) is 0 Å². The highest BCUT2D eigenvalue weighted by Crippen LogP contribution is 2.36. The second-order valence-corrected chi connectivity index (χ2v) is 9.65. The minimum absolute atomic E-state index is 0.0515. The second kappa shape index (κ2) is 6.99. The van der Waals surface area contributed by atoms with Crippen LogP contribution in [0.1, 0.15) is 66.5 Å². The van der Waals surface area contributed by atoms with Gasteiger partial charge < -0.3 is 18.9 Å². The van der Waals surface area contributed by atoms with Gasteiger partial charge in [0, 0.05) is 24.7 Å². The number of carbonyl (C=O) groups excluding carboxylic acids is 1. The van der Waals surface area contributed by atoms with E-state index < -0.39 is 29.9 Å². The Morgan fingerprint density at radius 1 is 1.25 bits per heavy atom. The molecule has 28 heavy (non-hydrogen) atoms. The molecule has 2 fully saturated rings. The van der Waals surface area contributed by atoms with Crippen molar-refractivity contribution in [2.75, 3.05) is 13.1 Å². The molecule has 154 valence electrons. The van der Waals surface area contributed by atoms with E-state index in [1.807, 2.05) is 54.5 Å². The Morgan fingerprint density at radius 3 is 2.43 bits per heavy atom. The van der Waals surface area contributed by atoms with E-state index in [0.717, 1.165) is 0 Å². The number of ether oxygens (including phenoxy) is 1. The predicted molar refractivity (Wildman–Crippen MR) is 105 cm³/mol. The molecule has 0 bridgehead atoms. The van der Waals surface area contributed by atoms with Crippen molar-refractivity contribution < 1.29 is 23.2 Å². The maximum absolute atomic E-state index is 14.3. The van der Waals surface area contributed by atoms with E-state index in [-0.39, 0.29) is 12.0 Å². The van der Waals surface area contributed by atoms with Crippen molar-refractivity contribution in [1.82, 2.24) is 9.88 Å². The number of halogens is 1. The monoisotopic (exact) mass is 392 g/mol. The number of hydrogen-bond acceptors (Lipinski definition) is 5. The summed E-state index contributed by atoms with van der Waals surface area (Å²) in [5.41, 5.74) is -0.333. The zero-order chi connectivity index (χ0) is 20.9. The van der Waals surface area contributed by atoms with Gasteiger partial charge in [0.05, 0.1) is 11.2 Å². The van der Waals surface area contributed by atoms with Crippen molar-refractivity contribution in [2.24, 2.45) is 0 Å². The summed E-state index contributed by atoms with van der Waals surface area (Å²) < 4.78 is 31.8. The van der Waals surface area contributed by atoms with Gasteiger partial charge in [-0.15, -0.1) is 0 Å². The van der Waals surface area contributed by atoms with E-state index in [0.29, 0.717) is 30.7 Å². The molecule has 2 aliphatic rings. The van der Waals surface area contributed by atoms with E-state index in [1.54, 1.807) is 4.90 Å². The third-order valence-electron chi connectivity index (χ3n) is 5.62. The summed E-state index contributed by atoms with van der Waals surface area (Å²) >= 11 is 0. The van der Waals surface area contributed by atoms with E-state index in [4.69, 9.17) is 14.0 Å². The molecule has 0 aromatic carbocycles. The zero-order valence-electron chi connectivity index (χ0n) is 17.8. The fourth-order valence-corrected chi connectivity index (χ4v) is 3.36. The van der Waals surface area contributed by atoms with E-state index in [2.05, 4.69) is 4.98 Å². The van der Waals surface area contributed by atoms with Crippen LogP contribution in [-0.2, 0) is 14.0 Å². The predicted octanol–water partition coefficient (Wildman–Crippen LogP) is 3.24. The van der Waals surface area contributed by atoms with Gasteiger partial charge in [-0.3, -0.25) is 0 Å². The lowest BCUT2D eigenvalue weighted by molar-refractivity contribution is 0.00578. The highest BCUT2D eigenvalue weighted by atomic mass is 19.1. The van der Waals surface area contributed by atoms with Gasteiger partial charge in [0.15, 0.2) is 0 Å². The first kappa shape index (κ1) is 21.1. The van der Waals surface area contributed by atoms with Gasteiger partial charge >= 0.3 is 13.2 Å². The molecular weight excluding hydrogens is 362 g/mol. The molecule has 6 nitrogen and oxygen atoms in total. The fourth-order valence-electron chi connectivity index (χ4n) is 3.36. The molecule has 0 saturated carbocycles. The Morgan fingerprint density at radius 2 is 1.86 bits per heavy atom. The maximum atomic E-state index is 14.3. The number of aromatic nitrogens is 1. The molecular formula is C20H30BFN2O4. The number of pyridine rings is 1. The summed E-state index contributed by atoms with van der Waals surface area (Å²) in [6.07, 6.45) is 0.357. The van der Waals surface area contributed by atoms with Gasteiger partial charge in [-0.2, -0.15) is 4.39 Å². The SMILES string of the molecule is CC(C)(C)OC(=O)N1CCC(c2cc(B3OC(C)(C)C(C)(C)O3)cc(F)n2)C1. The van der Waals surface area contributed by atoms with Gasteiger partial charge in [-0.05, 0) is 72.5 Å². The van der Waals surface area contributed by atoms with Gasteiger partial charge in [-0.25, -0.2) is 9.78 Å². The Labute approximate surface area is 166 Å². The average Bonchev–Trinajstić information content (AvgIpc) is 3.08. The zero-order valence-corrected chi connectivity index (χ0v) is 17.8. The largest absolute Gasteiger partial charge is 0.495 e. The number of likely N-dealkylation sites (tertiary alicyclic amines) is 1. The third kappa shape index (κ3) is 4.33. The van der Waals surface area contributed by atoms with Crippen LogP contribution < -0.4 is 5.46 Å². The molecule has 1 unspecified atom stereocenters. The van der Waals surface area contributed by atoms with Crippen LogP contribution in [0.4, 0.5) is 9.18 Å². The van der Waals surface area contributed by atoms with Crippen LogP contribution in [0.15, 0.2) is 12.1 Å². The summed E-state index contributed by atoms with van der Waals surface area (Å²) in [5.74, 6) is -0.623. The number of carbonyl (C=O) groups is 1. The van der Waals surface area contributed by atoms with Crippen LogP contribution in [0.25, 0.3) is 0 Å². The Balaban J connectivity index is 1.75. The molecule has 8 heteroatoms. The molecule has 0 aliphatic carbocycles. The molecule has 1 atom stereocenters. The number of rotatable bonds is 2. The fraction of sp³-hybridized carbons (Fsp3) is 0.700. The van der Waals surface area contributed by atoms with E-state index in [9.17, 15) is 9.18 Å². The molecule has 0 spiro atoms. The van der Waals surface area contributed by atoms with E-state index in [1.165, 1.54) is 6.07 Å². The van der Waals surface area contributed by atoms with Crippen LogP contribution in [0.3, 0.4) is 0 Å². The lowest BCUT2D eigenvalue weighted by Crippen LogP contribution is -2.41. The summed E-state index contributed by atoms with van der Waals surface area (Å²) in [7, 11) is -0.649. The Kier molecular flexibility index (Phi) is 5.25. The van der Waals surface area contributed by atoms with Crippen molar-refractivity contribution in [3.8, 4) is 0 Å². The number of amides is 1. The minimum Gasteiger partial charge on any atom is -0.444 e. The minimum atomic E-state index is -0.649. The highest BCUT2D eigenvalue weighted by molar-refractivity contribution is 6.62. The number of nitrogens with zero attached hydrogens (tertiary/aromatic N) is 2. The number of hydrogen-bond donors (Lipinski definition) is 0. The topological polar surface area (TPSA) is 60.9 Å². The molecule has 2 saturated heterocycles. The molecule has 1 aromatic heterocycles. The Hall–Kier alpha value is -1.67. The first-order valence-corrected chi connectivity index (χ1v) is 9.78. The summed E-state index contributed by atoms with van der Waals surface area (Å²) in [6.45, 7) is 14.4. The van der Waals surface area contributed by atoms with Gasteiger partial charge in [0.2, 0.25) is 5.95 Å². The lowest BCUT2D eigenvalue weighted by atomic mass is 9.78. The van der Waals surface area contributed by atoms with Crippen LogP contribution >= 0.6 is 0 Å². The smallest absolute Gasteiger partial charge is 0.444 e. The standard InChI is InChI=1S/C20H30BFN2O4/c1-18(2,3)26-17(25)24-9-8-13(12-24)15-10-14(11-16(22)23-15)21-27-19(4,5)20(6,7)28-21/h10-11,13H,8-9,12H2,1-7H3. The lowest BCUT2D eigenvalue weighted by Gasteiger charge is -2.32. The van der Waals surface area contributed by atoms with Crippen LogP contribution in [0.5, 0.6) is 0 Å². The third-order valence-corrected chi connectivity index (χ3v) is 5.62. The molecule has 1 amide bonds. The highest BCUT2D eigenvalue weighted by Gasteiger charge is 2.52. The van der Waals surface area contributed by atoms with Gasteiger partial charge in [0.1, 0.15) is 5.60 Å². The molecule has 1 aromatic rings. The maximum Gasteiger partial charge on any atom is 0.495 e. The summed E-state index contributed by atoms with van der Waals surface area (Å²) in [4.78, 5) is 18.0. The van der Waals surface area contributed by atoms with Crippen LogP contribution in [0, 0.1) is 5.95 Å². The summed E-state index contributed by atoms with van der Waals surface area (Å²) in [5, 5.41) is 0. The molecule has 3 rings (SSSR count). The molecule has 0 radical (unpaired) electrons. The molecule has 3 heterocycles. The van der Waals surface area contributed by atoms with E-state index >= 15 is 0 Å². The van der Waals surface area contributed by atoms with Crippen molar-refractivity contribution >= 4 is 18.7 Å². The first-order valence-electron chi connectivity index (χ1n) is 9.78.